The highest BCUT2D eigenvalue weighted by molar-refractivity contribution is 5.32. The average Bonchev–Trinajstić information content (AvgIpc) is 2.74. The van der Waals surface area contributed by atoms with Gasteiger partial charge in [0.2, 0.25) is 0 Å². The van der Waals surface area contributed by atoms with Gasteiger partial charge in [-0.1, -0.05) is 39.8 Å². The van der Waals surface area contributed by atoms with Gasteiger partial charge in [-0.3, -0.25) is 0 Å². The highest BCUT2D eigenvalue weighted by Crippen LogP contribution is 2.53. The predicted molar refractivity (Wildman–Crippen MR) is 94.4 cm³/mol. The Bertz CT molecular complexity index is 400. The summed E-state index contributed by atoms with van der Waals surface area (Å²) in [5, 5.41) is 0. The lowest BCUT2D eigenvalue weighted by Gasteiger charge is -2.38. The summed E-state index contributed by atoms with van der Waals surface area (Å²) >= 11 is 0. The van der Waals surface area contributed by atoms with E-state index in [-0.39, 0.29) is 0 Å². The minimum absolute atomic E-state index is 0.610. The topological polar surface area (TPSA) is 0 Å². The molecule has 0 saturated heterocycles. The molecule has 0 heteroatoms. The van der Waals surface area contributed by atoms with E-state index in [0.29, 0.717) is 5.41 Å². The molecule has 0 nitrogen and oxygen atoms in total. The fourth-order valence-corrected chi connectivity index (χ4v) is 5.06. The first kappa shape index (κ1) is 16.8. The van der Waals surface area contributed by atoms with Crippen LogP contribution in [-0.4, -0.2) is 0 Å². The van der Waals surface area contributed by atoms with E-state index in [1.807, 2.05) is 0 Å². The van der Waals surface area contributed by atoms with Crippen LogP contribution in [0.4, 0.5) is 0 Å². The van der Waals surface area contributed by atoms with Gasteiger partial charge in [0.1, 0.15) is 0 Å². The van der Waals surface area contributed by atoms with Gasteiger partial charge in [0.25, 0.3) is 0 Å². The van der Waals surface area contributed by atoms with Crippen LogP contribution in [0.5, 0.6) is 0 Å². The summed E-state index contributed by atoms with van der Waals surface area (Å²) in [6, 6.07) is 0. The van der Waals surface area contributed by atoms with Crippen molar-refractivity contribution < 1.29 is 0 Å². The van der Waals surface area contributed by atoms with E-state index >= 15 is 0 Å². The zero-order valence-electron chi connectivity index (χ0n) is 15.0. The summed E-state index contributed by atoms with van der Waals surface area (Å²) in [6.45, 7) is 12.1. The maximum atomic E-state index is 2.60. The van der Waals surface area contributed by atoms with Crippen LogP contribution >= 0.6 is 0 Å². The molecule has 21 heavy (non-hydrogen) atoms. The van der Waals surface area contributed by atoms with Gasteiger partial charge in [-0.2, -0.15) is 0 Å². The molecule has 0 N–H and O–H groups in total. The van der Waals surface area contributed by atoms with E-state index in [4.69, 9.17) is 0 Å². The predicted octanol–water partition coefficient (Wildman–Crippen LogP) is 6.92. The zero-order valence-corrected chi connectivity index (χ0v) is 15.0. The van der Waals surface area contributed by atoms with Crippen LogP contribution in [-0.2, 0) is 0 Å². The van der Waals surface area contributed by atoms with Crippen molar-refractivity contribution in [3.05, 3.63) is 23.3 Å². The molecule has 0 heterocycles. The minimum atomic E-state index is 0.610. The van der Waals surface area contributed by atoms with E-state index in [1.165, 1.54) is 51.4 Å². The first-order chi connectivity index (χ1) is 10.0. The van der Waals surface area contributed by atoms with Crippen molar-refractivity contribution >= 4 is 0 Å². The lowest BCUT2D eigenvalue weighted by atomic mass is 9.67. The van der Waals surface area contributed by atoms with Crippen molar-refractivity contribution in [2.75, 3.05) is 0 Å². The number of allylic oxidation sites excluding steroid dienone is 4. The Balaban J connectivity index is 2.22. The van der Waals surface area contributed by atoms with Gasteiger partial charge >= 0.3 is 0 Å². The van der Waals surface area contributed by atoms with E-state index in [1.54, 1.807) is 11.1 Å². The summed E-state index contributed by atoms with van der Waals surface area (Å²) in [6.07, 6.45) is 16.0. The molecule has 2 aliphatic rings. The Hall–Kier alpha value is -0.520. The Morgan fingerprint density at radius 3 is 2.57 bits per heavy atom. The number of hydrogen-bond acceptors (Lipinski definition) is 0. The van der Waals surface area contributed by atoms with Crippen molar-refractivity contribution in [2.24, 2.45) is 23.2 Å². The molecule has 0 aromatic rings. The largest absolute Gasteiger partial charge is 0.0839 e. The van der Waals surface area contributed by atoms with Gasteiger partial charge in [0.15, 0.2) is 0 Å². The van der Waals surface area contributed by atoms with Crippen molar-refractivity contribution in [1.82, 2.24) is 0 Å². The molecular formula is C21H36. The lowest BCUT2D eigenvalue weighted by Crippen LogP contribution is -2.29. The molecule has 2 saturated carbocycles. The summed E-state index contributed by atoms with van der Waals surface area (Å²) in [5.74, 6) is 2.64. The van der Waals surface area contributed by atoms with Crippen LogP contribution in [0, 0.1) is 23.2 Å². The molecule has 120 valence electrons. The molecule has 4 atom stereocenters. The van der Waals surface area contributed by atoms with Crippen LogP contribution in [0.25, 0.3) is 0 Å². The molecule has 0 spiro atoms. The third-order valence-electron chi connectivity index (χ3n) is 6.78. The molecule has 0 amide bonds. The van der Waals surface area contributed by atoms with Crippen LogP contribution in [0.3, 0.4) is 0 Å². The lowest BCUT2D eigenvalue weighted by molar-refractivity contribution is 0.133. The van der Waals surface area contributed by atoms with E-state index < -0.39 is 0 Å². The quantitative estimate of drug-likeness (QED) is 0.491. The van der Waals surface area contributed by atoms with Gasteiger partial charge in [-0.15, -0.1) is 0 Å². The van der Waals surface area contributed by atoms with Crippen molar-refractivity contribution in [3.8, 4) is 0 Å². The minimum Gasteiger partial charge on any atom is -0.0839 e. The van der Waals surface area contributed by atoms with Gasteiger partial charge < -0.3 is 0 Å². The van der Waals surface area contributed by atoms with Gasteiger partial charge in [0.05, 0.1) is 0 Å². The monoisotopic (exact) mass is 288 g/mol. The van der Waals surface area contributed by atoms with Crippen LogP contribution in [0.15, 0.2) is 23.3 Å². The summed E-state index contributed by atoms with van der Waals surface area (Å²) < 4.78 is 0. The fourth-order valence-electron chi connectivity index (χ4n) is 5.06. The summed E-state index contributed by atoms with van der Waals surface area (Å²) in [5.41, 5.74) is 3.91. The first-order valence-corrected chi connectivity index (χ1v) is 9.38. The van der Waals surface area contributed by atoms with Crippen LogP contribution in [0.1, 0.15) is 86.0 Å². The highest BCUT2D eigenvalue weighted by atomic mass is 14.5. The molecule has 0 bridgehead atoms. The standard InChI is InChI=1S/C21H36/c1-6-9-18-10-8-11-19-13-12-17(4)21(19,5)15-14-16(3)20(18)7-2/h7,9,16-17,19H,6,8,10-15H2,1-5H3/b18-9-,20-7-. The third-order valence-corrected chi connectivity index (χ3v) is 6.78. The second kappa shape index (κ2) is 7.16. The average molecular weight is 289 g/mol. The van der Waals surface area contributed by atoms with E-state index in [2.05, 4.69) is 46.8 Å². The number of fused-ring (bicyclic) bond motifs is 1. The molecule has 2 fully saturated rings. The van der Waals surface area contributed by atoms with Gasteiger partial charge in [-0.05, 0) is 92.6 Å². The molecule has 0 aliphatic heterocycles. The maximum absolute atomic E-state index is 2.60. The Labute approximate surface area is 133 Å². The Morgan fingerprint density at radius 1 is 1.14 bits per heavy atom. The molecule has 0 aromatic heterocycles. The van der Waals surface area contributed by atoms with Crippen molar-refractivity contribution in [3.63, 3.8) is 0 Å². The normalized spacial score (nSPS) is 42.2. The van der Waals surface area contributed by atoms with Crippen molar-refractivity contribution in [2.45, 2.75) is 86.0 Å². The smallest absolute Gasteiger partial charge is 0.0191 e. The van der Waals surface area contributed by atoms with Gasteiger partial charge in [0, 0.05) is 0 Å². The first-order valence-electron chi connectivity index (χ1n) is 9.38. The maximum Gasteiger partial charge on any atom is -0.0191 e. The van der Waals surface area contributed by atoms with Crippen molar-refractivity contribution in [1.29, 1.82) is 0 Å². The second-order valence-electron chi connectivity index (χ2n) is 7.89. The molecular weight excluding hydrogens is 252 g/mol. The Kier molecular flexibility index (Phi) is 5.74. The molecule has 4 unspecified atom stereocenters. The number of hydrogen-bond donors (Lipinski definition) is 0. The molecule has 2 aliphatic carbocycles. The van der Waals surface area contributed by atoms with Crippen LogP contribution in [0.2, 0.25) is 0 Å². The SMILES string of the molecule is C/C=C1\C(=C/CC)CCCC2CCC(C)C2(C)CCC1C. The molecule has 2 rings (SSSR count). The Morgan fingerprint density at radius 2 is 1.90 bits per heavy atom. The second-order valence-corrected chi connectivity index (χ2v) is 7.89. The molecule has 0 aromatic carbocycles. The zero-order chi connectivity index (χ0) is 15.5. The summed E-state index contributed by atoms with van der Waals surface area (Å²) in [4.78, 5) is 0. The summed E-state index contributed by atoms with van der Waals surface area (Å²) in [7, 11) is 0. The van der Waals surface area contributed by atoms with Crippen LogP contribution < -0.4 is 0 Å². The third kappa shape index (κ3) is 3.46. The van der Waals surface area contributed by atoms with Gasteiger partial charge in [-0.25, -0.2) is 0 Å². The highest BCUT2D eigenvalue weighted by Gasteiger charge is 2.43. The molecule has 0 radical (unpaired) electrons. The number of rotatable bonds is 1. The van der Waals surface area contributed by atoms with E-state index in [9.17, 15) is 0 Å². The van der Waals surface area contributed by atoms with E-state index in [0.717, 1.165) is 17.8 Å². The fraction of sp³-hybridized carbons (Fsp3) is 0.810.